The van der Waals surface area contributed by atoms with Gasteiger partial charge in [0.05, 0.1) is 18.2 Å². The van der Waals surface area contributed by atoms with Gasteiger partial charge in [0.15, 0.2) is 0 Å². The summed E-state index contributed by atoms with van der Waals surface area (Å²) >= 11 is 9.49. The van der Waals surface area contributed by atoms with Gasteiger partial charge in [-0.05, 0) is 24.6 Å². The van der Waals surface area contributed by atoms with E-state index in [0.717, 1.165) is 23.9 Å². The molecule has 2 nitrogen and oxygen atoms in total. The summed E-state index contributed by atoms with van der Waals surface area (Å²) in [4.78, 5) is 0. The molecule has 0 atom stereocenters. The highest BCUT2D eigenvalue weighted by molar-refractivity contribution is 9.10. The zero-order valence-corrected chi connectivity index (χ0v) is 14.2. The number of hydrogen-bond donors (Lipinski definition) is 0. The molecule has 0 heterocycles. The molecular formula is C15H22BrClO2. The Balaban J connectivity index is 2.41. The third kappa shape index (κ3) is 6.64. The van der Waals surface area contributed by atoms with Gasteiger partial charge in [-0.3, -0.25) is 0 Å². The summed E-state index contributed by atoms with van der Waals surface area (Å²) in [6.07, 6.45) is 2.26. The molecule has 0 N–H and O–H groups in total. The van der Waals surface area contributed by atoms with E-state index in [9.17, 15) is 0 Å². The van der Waals surface area contributed by atoms with Crippen molar-refractivity contribution in [3.63, 3.8) is 0 Å². The van der Waals surface area contributed by atoms with Gasteiger partial charge in [0, 0.05) is 16.5 Å². The predicted molar refractivity (Wildman–Crippen MR) is 84.2 cm³/mol. The lowest BCUT2D eigenvalue weighted by Gasteiger charge is -2.25. The molecule has 0 aliphatic carbocycles. The normalized spacial score (nSPS) is 11.6. The maximum absolute atomic E-state index is 6.12. The molecule has 0 aromatic heterocycles. The highest BCUT2D eigenvalue weighted by Gasteiger charge is 2.20. The Kier molecular flexibility index (Phi) is 7.19. The Bertz CT molecular complexity index is 394. The van der Waals surface area contributed by atoms with Crippen LogP contribution in [0.3, 0.4) is 0 Å². The molecule has 1 rings (SSSR count). The second-order valence-electron chi connectivity index (χ2n) is 5.43. The van der Waals surface area contributed by atoms with Crippen molar-refractivity contribution in [2.45, 2.75) is 33.6 Å². The van der Waals surface area contributed by atoms with Crippen LogP contribution in [0.15, 0.2) is 22.7 Å². The smallest absolute Gasteiger partial charge is 0.137 e. The molecule has 108 valence electrons. The van der Waals surface area contributed by atoms with E-state index in [1.165, 1.54) is 0 Å². The molecule has 1 aromatic rings. The minimum Gasteiger partial charge on any atom is -0.491 e. The lowest BCUT2D eigenvalue weighted by Crippen LogP contribution is -2.27. The molecule has 4 heteroatoms. The fourth-order valence-corrected chi connectivity index (χ4v) is 2.23. The number of hydrogen-bond acceptors (Lipinski definition) is 2. The summed E-state index contributed by atoms with van der Waals surface area (Å²) in [6, 6.07) is 5.63. The summed E-state index contributed by atoms with van der Waals surface area (Å²) in [5, 5.41) is 0.622. The van der Waals surface area contributed by atoms with Crippen molar-refractivity contribution in [3.05, 3.63) is 27.7 Å². The van der Waals surface area contributed by atoms with Crippen LogP contribution in [0, 0.1) is 5.41 Å². The van der Waals surface area contributed by atoms with Gasteiger partial charge in [0.2, 0.25) is 0 Å². The Morgan fingerprint density at radius 3 is 2.63 bits per heavy atom. The van der Waals surface area contributed by atoms with Crippen LogP contribution in [0.5, 0.6) is 5.75 Å². The quantitative estimate of drug-likeness (QED) is 0.591. The van der Waals surface area contributed by atoms with Crippen LogP contribution in [0.25, 0.3) is 0 Å². The second-order valence-corrected chi connectivity index (χ2v) is 6.76. The number of ether oxygens (including phenoxy) is 2. The van der Waals surface area contributed by atoms with Crippen molar-refractivity contribution in [2.75, 3.05) is 19.8 Å². The number of rotatable bonds is 8. The lowest BCUT2D eigenvalue weighted by atomic mass is 9.96. The molecule has 19 heavy (non-hydrogen) atoms. The molecule has 0 radical (unpaired) electrons. The van der Waals surface area contributed by atoms with Crippen molar-refractivity contribution in [1.29, 1.82) is 0 Å². The van der Waals surface area contributed by atoms with E-state index in [1.54, 1.807) is 0 Å². The Hall–Kier alpha value is -0.250. The molecule has 0 fully saturated rings. The van der Waals surface area contributed by atoms with E-state index in [4.69, 9.17) is 21.1 Å². The largest absolute Gasteiger partial charge is 0.491 e. The van der Waals surface area contributed by atoms with Crippen molar-refractivity contribution in [1.82, 2.24) is 0 Å². The summed E-state index contributed by atoms with van der Waals surface area (Å²) < 4.78 is 12.4. The first-order chi connectivity index (χ1) is 8.94. The van der Waals surface area contributed by atoms with E-state index < -0.39 is 0 Å². The Labute approximate surface area is 129 Å². The van der Waals surface area contributed by atoms with Crippen molar-refractivity contribution in [3.8, 4) is 5.75 Å². The van der Waals surface area contributed by atoms with Gasteiger partial charge < -0.3 is 9.47 Å². The van der Waals surface area contributed by atoms with Crippen LogP contribution in [0.4, 0.5) is 0 Å². The average molecular weight is 350 g/mol. The highest BCUT2D eigenvalue weighted by Crippen LogP contribution is 2.29. The maximum atomic E-state index is 6.12. The summed E-state index contributed by atoms with van der Waals surface area (Å²) in [7, 11) is 0. The minimum atomic E-state index is -0.0237. The first-order valence-corrected chi connectivity index (χ1v) is 7.77. The van der Waals surface area contributed by atoms with Gasteiger partial charge in [0.1, 0.15) is 5.75 Å². The molecule has 0 aliphatic heterocycles. The lowest BCUT2D eigenvalue weighted by molar-refractivity contribution is 0.0335. The molecule has 0 spiro atoms. The van der Waals surface area contributed by atoms with E-state index in [1.807, 2.05) is 18.2 Å². The van der Waals surface area contributed by atoms with Crippen LogP contribution < -0.4 is 4.74 Å². The van der Waals surface area contributed by atoms with Gasteiger partial charge in [-0.1, -0.05) is 54.7 Å². The topological polar surface area (TPSA) is 18.5 Å². The van der Waals surface area contributed by atoms with Crippen LogP contribution in [0.1, 0.15) is 33.6 Å². The second kappa shape index (κ2) is 8.13. The third-order valence-corrected chi connectivity index (χ3v) is 3.44. The highest BCUT2D eigenvalue weighted by atomic mass is 79.9. The van der Waals surface area contributed by atoms with E-state index in [0.29, 0.717) is 24.0 Å². The summed E-state index contributed by atoms with van der Waals surface area (Å²) in [5.41, 5.74) is -0.0237. The van der Waals surface area contributed by atoms with Crippen molar-refractivity contribution in [2.24, 2.45) is 5.41 Å². The van der Waals surface area contributed by atoms with Gasteiger partial charge in [-0.2, -0.15) is 0 Å². The molecule has 0 unspecified atom stereocenters. The van der Waals surface area contributed by atoms with Crippen LogP contribution in [0.2, 0.25) is 5.02 Å². The molecule has 0 saturated heterocycles. The molecule has 0 amide bonds. The fraction of sp³-hybridized carbons (Fsp3) is 0.600. The van der Waals surface area contributed by atoms with Gasteiger partial charge in [0.25, 0.3) is 0 Å². The first-order valence-electron chi connectivity index (χ1n) is 6.60. The predicted octanol–water partition coefficient (Wildman–Crippen LogP) is 5.32. The summed E-state index contributed by atoms with van der Waals surface area (Å²) in [5.74, 6) is 0.714. The monoisotopic (exact) mass is 348 g/mol. The molecule has 0 saturated carbocycles. The van der Waals surface area contributed by atoms with Gasteiger partial charge in [-0.25, -0.2) is 0 Å². The first kappa shape index (κ1) is 16.8. The summed E-state index contributed by atoms with van der Waals surface area (Å²) in [6.45, 7) is 8.52. The van der Waals surface area contributed by atoms with E-state index in [2.05, 4.69) is 36.7 Å². The minimum absolute atomic E-state index is 0.0237. The van der Waals surface area contributed by atoms with E-state index in [-0.39, 0.29) is 5.41 Å². The van der Waals surface area contributed by atoms with Crippen LogP contribution >= 0.6 is 27.5 Å². The Morgan fingerprint density at radius 2 is 2.00 bits per heavy atom. The zero-order chi connectivity index (χ0) is 14.3. The Morgan fingerprint density at radius 1 is 1.26 bits per heavy atom. The van der Waals surface area contributed by atoms with Crippen LogP contribution in [-0.4, -0.2) is 19.8 Å². The fourth-order valence-electron chi connectivity index (χ4n) is 1.50. The SMILES string of the molecule is CCCCOCC(C)(C)COc1ccc(Br)cc1Cl. The van der Waals surface area contributed by atoms with Gasteiger partial charge in [-0.15, -0.1) is 0 Å². The van der Waals surface area contributed by atoms with Crippen LogP contribution in [-0.2, 0) is 4.74 Å². The number of unbranched alkanes of at least 4 members (excludes halogenated alkanes) is 1. The average Bonchev–Trinajstić information content (AvgIpc) is 2.34. The zero-order valence-electron chi connectivity index (χ0n) is 11.8. The van der Waals surface area contributed by atoms with Gasteiger partial charge >= 0.3 is 0 Å². The van der Waals surface area contributed by atoms with Crippen molar-refractivity contribution < 1.29 is 9.47 Å². The van der Waals surface area contributed by atoms with E-state index >= 15 is 0 Å². The molecule has 0 bridgehead atoms. The molecular weight excluding hydrogens is 328 g/mol. The maximum Gasteiger partial charge on any atom is 0.137 e. The third-order valence-electron chi connectivity index (χ3n) is 2.65. The number of benzene rings is 1. The molecule has 1 aromatic carbocycles. The molecule has 0 aliphatic rings. The standard InChI is InChI=1S/C15H22BrClO2/c1-4-5-8-18-10-15(2,3)11-19-14-7-6-12(16)9-13(14)17/h6-7,9H,4-5,8,10-11H2,1-3H3. The number of halogens is 2. The van der Waals surface area contributed by atoms with Crippen molar-refractivity contribution >= 4 is 27.5 Å².